The number of thiophene rings is 1. The Hall–Kier alpha value is -2.25. The zero-order valence-electron chi connectivity index (χ0n) is 12.2. The Labute approximate surface area is 131 Å². The van der Waals surface area contributed by atoms with Crippen molar-refractivity contribution < 1.29 is 14.8 Å². The van der Waals surface area contributed by atoms with Crippen LogP contribution in [0.2, 0.25) is 0 Å². The Bertz CT molecular complexity index is 696. The van der Waals surface area contributed by atoms with Crippen LogP contribution in [0.15, 0.2) is 35.7 Å². The van der Waals surface area contributed by atoms with E-state index in [4.69, 9.17) is 0 Å². The number of hydrogen-bond acceptors (Lipinski definition) is 6. The number of ketones is 1. The minimum Gasteiger partial charge on any atom is -0.383 e. The Morgan fingerprint density at radius 2 is 2.18 bits per heavy atom. The Kier molecular flexibility index (Phi) is 4.58. The smallest absolute Gasteiger partial charge is 0.293 e. The number of rotatable bonds is 6. The van der Waals surface area contributed by atoms with Gasteiger partial charge in [-0.3, -0.25) is 14.9 Å². The predicted molar refractivity (Wildman–Crippen MR) is 85.5 cm³/mol. The van der Waals surface area contributed by atoms with Crippen molar-refractivity contribution in [1.29, 1.82) is 0 Å². The summed E-state index contributed by atoms with van der Waals surface area (Å²) in [5.74, 6) is -0.236. The van der Waals surface area contributed by atoms with Gasteiger partial charge in [-0.05, 0) is 37.4 Å². The SMILES string of the molecule is CC(=O)c1ccc(NC[C@](C)(O)c2cccs2)c([N+](=O)[O-])c1. The molecule has 1 aromatic heterocycles. The van der Waals surface area contributed by atoms with Crippen LogP contribution in [0.25, 0.3) is 0 Å². The van der Waals surface area contributed by atoms with Crippen molar-refractivity contribution in [2.75, 3.05) is 11.9 Å². The fourth-order valence-corrected chi connectivity index (χ4v) is 2.78. The summed E-state index contributed by atoms with van der Waals surface area (Å²) in [7, 11) is 0. The van der Waals surface area contributed by atoms with Crippen LogP contribution < -0.4 is 5.32 Å². The molecule has 0 radical (unpaired) electrons. The minimum atomic E-state index is -1.14. The number of anilines is 1. The number of Topliss-reactive ketones (excluding diaryl/α,β-unsaturated/α-hetero) is 1. The van der Waals surface area contributed by atoms with Crippen LogP contribution in [-0.2, 0) is 5.60 Å². The van der Waals surface area contributed by atoms with Gasteiger partial charge in [-0.25, -0.2) is 0 Å². The monoisotopic (exact) mass is 320 g/mol. The maximum Gasteiger partial charge on any atom is 0.293 e. The molecule has 0 unspecified atom stereocenters. The number of carbonyl (C=O) groups is 1. The summed E-state index contributed by atoms with van der Waals surface area (Å²) >= 11 is 1.41. The average molecular weight is 320 g/mol. The van der Waals surface area contributed by atoms with Gasteiger partial charge in [0.15, 0.2) is 5.78 Å². The van der Waals surface area contributed by atoms with Crippen LogP contribution in [0.5, 0.6) is 0 Å². The van der Waals surface area contributed by atoms with E-state index in [1.54, 1.807) is 13.0 Å². The zero-order chi connectivity index (χ0) is 16.3. The van der Waals surface area contributed by atoms with Crippen LogP contribution in [0.1, 0.15) is 29.1 Å². The molecule has 6 nitrogen and oxygen atoms in total. The van der Waals surface area contributed by atoms with Gasteiger partial charge in [0, 0.05) is 23.1 Å². The molecule has 2 N–H and O–H groups in total. The first kappa shape index (κ1) is 16.1. The van der Waals surface area contributed by atoms with Gasteiger partial charge in [0.25, 0.3) is 5.69 Å². The van der Waals surface area contributed by atoms with Gasteiger partial charge in [-0.2, -0.15) is 0 Å². The molecule has 116 valence electrons. The van der Waals surface area contributed by atoms with Gasteiger partial charge >= 0.3 is 0 Å². The van der Waals surface area contributed by atoms with Crippen LogP contribution in [0.4, 0.5) is 11.4 Å². The largest absolute Gasteiger partial charge is 0.383 e. The summed E-state index contributed by atoms with van der Waals surface area (Å²) in [6, 6.07) is 7.89. The van der Waals surface area contributed by atoms with Crippen LogP contribution >= 0.6 is 11.3 Å². The molecule has 0 saturated heterocycles. The van der Waals surface area contributed by atoms with Crippen molar-refractivity contribution >= 4 is 28.5 Å². The van der Waals surface area contributed by atoms with Crippen LogP contribution in [0.3, 0.4) is 0 Å². The van der Waals surface area contributed by atoms with Crippen molar-refractivity contribution in [2.45, 2.75) is 19.4 Å². The molecule has 0 aliphatic rings. The lowest BCUT2D eigenvalue weighted by atomic mass is 10.0. The van der Waals surface area contributed by atoms with E-state index in [9.17, 15) is 20.0 Å². The van der Waals surface area contributed by atoms with Gasteiger partial charge in [0.2, 0.25) is 0 Å². The van der Waals surface area contributed by atoms with Crippen molar-refractivity contribution in [2.24, 2.45) is 0 Å². The highest BCUT2D eigenvalue weighted by Gasteiger charge is 2.25. The second kappa shape index (κ2) is 6.25. The lowest BCUT2D eigenvalue weighted by molar-refractivity contribution is -0.384. The highest BCUT2D eigenvalue weighted by atomic mass is 32.1. The summed E-state index contributed by atoms with van der Waals surface area (Å²) in [5.41, 5.74) is -0.773. The number of hydrogen-bond donors (Lipinski definition) is 2. The molecule has 0 amide bonds. The Morgan fingerprint density at radius 1 is 1.45 bits per heavy atom. The van der Waals surface area contributed by atoms with Crippen molar-refractivity contribution in [3.05, 3.63) is 56.3 Å². The normalized spacial score (nSPS) is 13.4. The molecule has 2 aromatic rings. The van der Waals surface area contributed by atoms with E-state index < -0.39 is 10.5 Å². The van der Waals surface area contributed by atoms with E-state index >= 15 is 0 Å². The molecule has 1 heterocycles. The third-order valence-corrected chi connectivity index (χ3v) is 4.40. The Balaban J connectivity index is 2.22. The zero-order valence-corrected chi connectivity index (χ0v) is 13.0. The van der Waals surface area contributed by atoms with E-state index in [-0.39, 0.29) is 29.3 Å². The number of nitro groups is 1. The van der Waals surface area contributed by atoms with E-state index in [0.29, 0.717) is 0 Å². The number of carbonyl (C=O) groups excluding carboxylic acids is 1. The first-order valence-corrected chi connectivity index (χ1v) is 7.49. The molecule has 1 atom stereocenters. The maximum atomic E-state index is 11.3. The lowest BCUT2D eigenvalue weighted by Crippen LogP contribution is -2.29. The second-order valence-electron chi connectivity index (χ2n) is 5.15. The summed E-state index contributed by atoms with van der Waals surface area (Å²) < 4.78 is 0. The molecule has 1 aromatic carbocycles. The van der Waals surface area contributed by atoms with Gasteiger partial charge in [0.05, 0.1) is 4.92 Å². The standard InChI is InChI=1S/C15H16N2O4S/c1-10(18)11-5-6-12(13(8-11)17(20)21)16-9-15(2,19)14-4-3-7-22-14/h3-8,16,19H,9H2,1-2H3/t15-/m0/s1. The maximum absolute atomic E-state index is 11.3. The van der Waals surface area contributed by atoms with E-state index in [1.165, 1.54) is 36.5 Å². The third-order valence-electron chi connectivity index (χ3n) is 3.28. The molecule has 0 aliphatic carbocycles. The summed E-state index contributed by atoms with van der Waals surface area (Å²) in [6.07, 6.45) is 0. The van der Waals surface area contributed by atoms with Gasteiger partial charge in [0.1, 0.15) is 11.3 Å². The third kappa shape index (κ3) is 3.49. The average Bonchev–Trinajstić information content (AvgIpc) is 2.99. The first-order chi connectivity index (χ1) is 10.3. The van der Waals surface area contributed by atoms with Gasteiger partial charge < -0.3 is 10.4 Å². The number of aliphatic hydroxyl groups is 1. The number of nitro benzene ring substituents is 1. The molecule has 0 aliphatic heterocycles. The molecule has 7 heteroatoms. The number of nitrogens with zero attached hydrogens (tertiary/aromatic N) is 1. The molecule has 2 rings (SSSR count). The molecule has 0 spiro atoms. The molecule has 0 fully saturated rings. The molecule has 0 bridgehead atoms. The highest BCUT2D eigenvalue weighted by Crippen LogP contribution is 2.29. The fraction of sp³-hybridized carbons (Fsp3) is 0.267. The Morgan fingerprint density at radius 3 is 2.73 bits per heavy atom. The summed E-state index contributed by atoms with van der Waals surface area (Å²) in [6.45, 7) is 3.11. The number of nitrogens with one attached hydrogen (secondary N) is 1. The molecule has 0 saturated carbocycles. The lowest BCUT2D eigenvalue weighted by Gasteiger charge is -2.23. The van der Waals surface area contributed by atoms with Crippen molar-refractivity contribution in [3.8, 4) is 0 Å². The predicted octanol–water partition coefficient (Wildman–Crippen LogP) is 3.18. The molecular formula is C15H16N2O4S. The molecule has 22 heavy (non-hydrogen) atoms. The topological polar surface area (TPSA) is 92.5 Å². The fourth-order valence-electron chi connectivity index (χ4n) is 1.99. The highest BCUT2D eigenvalue weighted by molar-refractivity contribution is 7.10. The first-order valence-electron chi connectivity index (χ1n) is 6.61. The van der Waals surface area contributed by atoms with Crippen LogP contribution in [-0.4, -0.2) is 22.4 Å². The van der Waals surface area contributed by atoms with Gasteiger partial charge in [-0.1, -0.05) is 6.07 Å². The summed E-state index contributed by atoms with van der Waals surface area (Å²) in [5, 5.41) is 26.3. The number of benzene rings is 1. The van der Waals surface area contributed by atoms with Crippen molar-refractivity contribution in [3.63, 3.8) is 0 Å². The van der Waals surface area contributed by atoms with E-state index in [0.717, 1.165) is 4.88 Å². The quantitative estimate of drug-likeness (QED) is 0.484. The minimum absolute atomic E-state index is 0.119. The van der Waals surface area contributed by atoms with E-state index in [2.05, 4.69) is 5.32 Å². The molecular weight excluding hydrogens is 304 g/mol. The van der Waals surface area contributed by atoms with Crippen LogP contribution in [0, 0.1) is 10.1 Å². The van der Waals surface area contributed by atoms with Gasteiger partial charge in [-0.15, -0.1) is 11.3 Å². The van der Waals surface area contributed by atoms with Crippen molar-refractivity contribution in [1.82, 2.24) is 0 Å². The van der Waals surface area contributed by atoms with E-state index in [1.807, 2.05) is 11.4 Å². The summed E-state index contributed by atoms with van der Waals surface area (Å²) in [4.78, 5) is 22.7. The second-order valence-corrected chi connectivity index (χ2v) is 6.10.